The van der Waals surface area contributed by atoms with Crippen molar-refractivity contribution in [2.24, 2.45) is 0 Å². The number of hydroxylamine groups is 1. The molecule has 0 saturated carbocycles. The average Bonchev–Trinajstić information content (AvgIpc) is 2.84. The molecule has 0 heterocycles. The highest BCUT2D eigenvalue weighted by Crippen LogP contribution is 2.14. The number of benzene rings is 2. The second-order valence-corrected chi connectivity index (χ2v) is 7.52. The molecule has 1 unspecified atom stereocenters. The van der Waals surface area contributed by atoms with Crippen molar-refractivity contribution >= 4 is 23.4 Å². The molecule has 2 amide bonds. The number of nitrogens with zero attached hydrogens (tertiary/aromatic N) is 1. The number of nitrogens with one attached hydrogen (secondary N) is 1. The van der Waals surface area contributed by atoms with E-state index in [0.717, 1.165) is 18.4 Å². The van der Waals surface area contributed by atoms with Crippen LogP contribution in [0.25, 0.3) is 0 Å². The molecule has 0 spiro atoms. The van der Waals surface area contributed by atoms with Crippen LogP contribution >= 0.6 is 11.6 Å². The quantitative estimate of drug-likeness (QED) is 0.274. The molecule has 33 heavy (non-hydrogen) atoms. The van der Waals surface area contributed by atoms with E-state index < -0.39 is 5.91 Å². The standard InChI is InChI=1S/C13H18ClNO3.C11H15NO3/c1-2-18-12(9-13(16)15-17)8-5-10-3-6-11(14)7-4-10;13-8-6-12(7-9-14)11(15)10-4-2-1-3-5-10/h3-4,6-7,12,17H,2,5,8-9H2,1H3,(H,15,16);1-5,13-14H,6-9H2. The molecule has 0 aliphatic carbocycles. The van der Waals surface area contributed by atoms with Crippen LogP contribution in [0.2, 0.25) is 5.02 Å². The van der Waals surface area contributed by atoms with Crippen molar-refractivity contribution in [1.29, 1.82) is 0 Å². The first-order valence-electron chi connectivity index (χ1n) is 10.8. The fourth-order valence-electron chi connectivity index (χ4n) is 3.03. The lowest BCUT2D eigenvalue weighted by atomic mass is 10.0. The van der Waals surface area contributed by atoms with Gasteiger partial charge in [0.15, 0.2) is 0 Å². The Morgan fingerprint density at radius 2 is 1.64 bits per heavy atom. The Kier molecular flexibility index (Phi) is 14.7. The largest absolute Gasteiger partial charge is 0.395 e. The monoisotopic (exact) mass is 480 g/mol. The van der Waals surface area contributed by atoms with Crippen LogP contribution < -0.4 is 5.48 Å². The van der Waals surface area contributed by atoms with Gasteiger partial charge in [0.25, 0.3) is 5.91 Å². The molecular formula is C24H33ClN2O6. The van der Waals surface area contributed by atoms with Gasteiger partial charge in [-0.25, -0.2) is 5.48 Å². The van der Waals surface area contributed by atoms with E-state index in [9.17, 15) is 9.59 Å². The predicted molar refractivity (Wildman–Crippen MR) is 126 cm³/mol. The van der Waals surface area contributed by atoms with Crippen molar-refractivity contribution in [2.75, 3.05) is 32.9 Å². The Bertz CT molecular complexity index is 798. The van der Waals surface area contributed by atoms with Gasteiger partial charge in [-0.05, 0) is 49.6 Å². The number of amides is 2. The summed E-state index contributed by atoms with van der Waals surface area (Å²) in [5, 5.41) is 26.8. The number of hydrogen-bond acceptors (Lipinski definition) is 6. The first-order chi connectivity index (χ1) is 15.9. The van der Waals surface area contributed by atoms with Crippen molar-refractivity contribution in [1.82, 2.24) is 10.4 Å². The second kappa shape index (κ2) is 17.0. The first kappa shape index (κ1) is 28.5. The number of ether oxygens (including phenoxy) is 1. The molecule has 2 aromatic rings. The Hall–Kier alpha value is -2.49. The van der Waals surface area contributed by atoms with Gasteiger partial charge >= 0.3 is 0 Å². The fraction of sp³-hybridized carbons (Fsp3) is 0.417. The number of aliphatic hydroxyl groups is 2. The Morgan fingerprint density at radius 3 is 2.15 bits per heavy atom. The number of aliphatic hydroxyl groups excluding tert-OH is 2. The molecule has 1 atom stereocenters. The molecule has 0 aliphatic heterocycles. The normalized spacial score (nSPS) is 11.2. The SMILES string of the molecule is CCOC(CCc1ccc(Cl)cc1)CC(=O)NO.O=C(c1ccccc1)N(CCO)CCO. The van der Waals surface area contributed by atoms with Gasteiger partial charge in [0.1, 0.15) is 0 Å². The third-order valence-electron chi connectivity index (χ3n) is 4.66. The summed E-state index contributed by atoms with van der Waals surface area (Å²) >= 11 is 5.81. The van der Waals surface area contributed by atoms with Crippen molar-refractivity contribution in [2.45, 2.75) is 32.3 Å². The Balaban J connectivity index is 0.000000335. The zero-order valence-electron chi connectivity index (χ0n) is 18.8. The van der Waals surface area contributed by atoms with E-state index in [1.54, 1.807) is 29.7 Å². The van der Waals surface area contributed by atoms with Crippen LogP contribution in [0.15, 0.2) is 54.6 Å². The minimum atomic E-state index is -0.426. The summed E-state index contributed by atoms with van der Waals surface area (Å²) in [7, 11) is 0. The van der Waals surface area contributed by atoms with E-state index >= 15 is 0 Å². The second-order valence-electron chi connectivity index (χ2n) is 7.09. The van der Waals surface area contributed by atoms with Crippen LogP contribution in [-0.4, -0.2) is 71.1 Å². The van der Waals surface area contributed by atoms with Crippen LogP contribution in [0.5, 0.6) is 0 Å². The Morgan fingerprint density at radius 1 is 1.03 bits per heavy atom. The van der Waals surface area contributed by atoms with Gasteiger partial charge in [0, 0.05) is 30.3 Å². The molecule has 2 rings (SSSR count). The van der Waals surface area contributed by atoms with Gasteiger partial charge in [-0.15, -0.1) is 0 Å². The van der Waals surface area contributed by atoms with Crippen molar-refractivity contribution in [3.8, 4) is 0 Å². The van der Waals surface area contributed by atoms with Gasteiger partial charge in [0.2, 0.25) is 5.91 Å². The molecule has 0 aliphatic rings. The molecule has 0 saturated heterocycles. The minimum Gasteiger partial charge on any atom is -0.395 e. The summed E-state index contributed by atoms with van der Waals surface area (Å²) < 4.78 is 5.46. The number of aryl methyl sites for hydroxylation is 1. The molecule has 8 nitrogen and oxygen atoms in total. The number of carbonyl (C=O) groups is 2. The van der Waals surface area contributed by atoms with Crippen molar-refractivity contribution < 1.29 is 29.7 Å². The summed E-state index contributed by atoms with van der Waals surface area (Å²) in [6, 6.07) is 16.4. The van der Waals surface area contributed by atoms with Gasteiger partial charge in [-0.2, -0.15) is 0 Å². The zero-order valence-corrected chi connectivity index (χ0v) is 19.6. The van der Waals surface area contributed by atoms with E-state index in [2.05, 4.69) is 0 Å². The van der Waals surface area contributed by atoms with Crippen molar-refractivity contribution in [3.63, 3.8) is 0 Å². The van der Waals surface area contributed by atoms with E-state index in [4.69, 9.17) is 31.8 Å². The summed E-state index contributed by atoms with van der Waals surface area (Å²) in [6.07, 6.45) is 1.51. The lowest BCUT2D eigenvalue weighted by Gasteiger charge is -2.20. The lowest BCUT2D eigenvalue weighted by Crippen LogP contribution is -2.35. The van der Waals surface area contributed by atoms with Crippen LogP contribution in [0, 0.1) is 0 Å². The summed E-state index contributed by atoms with van der Waals surface area (Å²) in [4.78, 5) is 24.3. The minimum absolute atomic E-state index is 0.0986. The van der Waals surface area contributed by atoms with Gasteiger partial charge in [0.05, 0.1) is 25.7 Å². The van der Waals surface area contributed by atoms with E-state index in [-0.39, 0.29) is 44.7 Å². The number of rotatable bonds is 12. The number of hydrogen-bond donors (Lipinski definition) is 4. The Labute approximate surface area is 199 Å². The molecule has 182 valence electrons. The maximum absolute atomic E-state index is 11.8. The summed E-state index contributed by atoms with van der Waals surface area (Å²) in [5.41, 5.74) is 3.34. The van der Waals surface area contributed by atoms with Crippen molar-refractivity contribution in [3.05, 3.63) is 70.7 Å². The molecule has 0 aromatic heterocycles. The van der Waals surface area contributed by atoms with Crippen LogP contribution in [0.1, 0.15) is 35.7 Å². The molecule has 0 fully saturated rings. The smallest absolute Gasteiger partial charge is 0.254 e. The maximum atomic E-state index is 11.8. The molecule has 0 bridgehead atoms. The van der Waals surface area contributed by atoms with Gasteiger partial charge in [-0.1, -0.05) is 41.9 Å². The number of carbonyl (C=O) groups excluding carboxylic acids is 2. The molecular weight excluding hydrogens is 448 g/mol. The highest BCUT2D eigenvalue weighted by Gasteiger charge is 2.14. The van der Waals surface area contributed by atoms with Crippen LogP contribution in [-0.2, 0) is 16.0 Å². The van der Waals surface area contributed by atoms with E-state index in [1.807, 2.05) is 37.3 Å². The fourth-order valence-corrected chi connectivity index (χ4v) is 3.16. The predicted octanol–water partition coefficient (Wildman–Crippen LogP) is 2.69. The van der Waals surface area contributed by atoms with Gasteiger partial charge < -0.3 is 19.8 Å². The molecule has 2 aromatic carbocycles. The molecule has 9 heteroatoms. The zero-order chi connectivity index (χ0) is 24.5. The first-order valence-corrected chi connectivity index (χ1v) is 11.2. The van der Waals surface area contributed by atoms with Crippen LogP contribution in [0.3, 0.4) is 0 Å². The third-order valence-corrected chi connectivity index (χ3v) is 4.91. The third kappa shape index (κ3) is 11.8. The maximum Gasteiger partial charge on any atom is 0.254 e. The molecule has 4 N–H and O–H groups in total. The summed E-state index contributed by atoms with van der Waals surface area (Å²) in [6.45, 7) is 2.72. The lowest BCUT2D eigenvalue weighted by molar-refractivity contribution is -0.132. The molecule has 0 radical (unpaired) electrons. The summed E-state index contributed by atoms with van der Waals surface area (Å²) in [5.74, 6) is -0.594. The number of halogens is 1. The van der Waals surface area contributed by atoms with E-state index in [1.165, 1.54) is 4.90 Å². The highest BCUT2D eigenvalue weighted by atomic mass is 35.5. The van der Waals surface area contributed by atoms with E-state index in [0.29, 0.717) is 17.2 Å². The van der Waals surface area contributed by atoms with Crippen LogP contribution in [0.4, 0.5) is 0 Å². The topological polar surface area (TPSA) is 119 Å². The highest BCUT2D eigenvalue weighted by molar-refractivity contribution is 6.30. The van der Waals surface area contributed by atoms with Gasteiger partial charge in [-0.3, -0.25) is 14.8 Å². The average molecular weight is 481 g/mol.